The van der Waals surface area contributed by atoms with Crippen molar-refractivity contribution in [3.05, 3.63) is 46.0 Å². The lowest BCUT2D eigenvalue weighted by Crippen LogP contribution is -2.23. The van der Waals surface area contributed by atoms with Crippen LogP contribution in [0.15, 0.2) is 34.8 Å². The molecule has 1 atom stereocenters. The fourth-order valence-corrected chi connectivity index (χ4v) is 2.55. The third kappa shape index (κ3) is 4.58. The molecule has 0 bridgehead atoms. The average Bonchev–Trinajstić information content (AvgIpc) is 2.34. The molecule has 0 saturated carbocycles. The molecule has 0 aliphatic carbocycles. The molecule has 0 aliphatic heterocycles. The first-order valence-corrected chi connectivity index (χ1v) is 7.53. The van der Waals surface area contributed by atoms with E-state index >= 15 is 0 Å². The Balaban J connectivity index is 2.89. The Labute approximate surface area is 120 Å². The number of aryl methyl sites for hydroxylation is 1. The maximum absolute atomic E-state index is 4.14. The molecule has 18 heavy (non-hydrogen) atoms. The highest BCUT2D eigenvalue weighted by molar-refractivity contribution is 9.10. The van der Waals surface area contributed by atoms with Crippen molar-refractivity contribution in [1.82, 2.24) is 5.32 Å². The molecule has 1 rings (SSSR count). The summed E-state index contributed by atoms with van der Waals surface area (Å²) in [5, 5.41) is 3.64. The lowest BCUT2D eigenvalue weighted by atomic mass is 9.95. The van der Waals surface area contributed by atoms with Crippen LogP contribution in [0.5, 0.6) is 0 Å². The Morgan fingerprint density at radius 2 is 2.11 bits per heavy atom. The molecule has 0 radical (unpaired) electrons. The van der Waals surface area contributed by atoms with Crippen LogP contribution in [0.3, 0.4) is 0 Å². The SMILES string of the molecule is C=C(CC)CC(NCCC)c1ccc(Br)cc1C. The molecule has 0 aliphatic rings. The van der Waals surface area contributed by atoms with Gasteiger partial charge >= 0.3 is 0 Å². The van der Waals surface area contributed by atoms with Gasteiger partial charge in [0.25, 0.3) is 0 Å². The molecule has 1 aromatic rings. The molecule has 0 fully saturated rings. The molecular formula is C16H24BrN. The summed E-state index contributed by atoms with van der Waals surface area (Å²) in [6.07, 6.45) is 3.24. The Morgan fingerprint density at radius 1 is 1.39 bits per heavy atom. The second-order valence-electron chi connectivity index (χ2n) is 4.82. The number of hydrogen-bond acceptors (Lipinski definition) is 1. The van der Waals surface area contributed by atoms with Crippen LogP contribution in [-0.2, 0) is 0 Å². The number of rotatable bonds is 7. The van der Waals surface area contributed by atoms with Crippen LogP contribution in [0, 0.1) is 6.92 Å². The van der Waals surface area contributed by atoms with E-state index in [-0.39, 0.29) is 0 Å². The minimum Gasteiger partial charge on any atom is -0.310 e. The summed E-state index contributed by atoms with van der Waals surface area (Å²) in [6, 6.07) is 6.92. The zero-order chi connectivity index (χ0) is 13.5. The van der Waals surface area contributed by atoms with Crippen molar-refractivity contribution < 1.29 is 0 Å². The van der Waals surface area contributed by atoms with Crippen LogP contribution in [0.1, 0.15) is 50.3 Å². The first-order valence-electron chi connectivity index (χ1n) is 6.74. The molecule has 0 amide bonds. The highest BCUT2D eigenvalue weighted by Gasteiger charge is 2.13. The van der Waals surface area contributed by atoms with Crippen LogP contribution >= 0.6 is 15.9 Å². The predicted molar refractivity (Wildman–Crippen MR) is 84.0 cm³/mol. The van der Waals surface area contributed by atoms with Gasteiger partial charge < -0.3 is 5.32 Å². The number of hydrogen-bond donors (Lipinski definition) is 1. The van der Waals surface area contributed by atoms with Crippen LogP contribution in [-0.4, -0.2) is 6.54 Å². The number of nitrogens with one attached hydrogen (secondary N) is 1. The molecule has 1 unspecified atom stereocenters. The van der Waals surface area contributed by atoms with Gasteiger partial charge in [0.05, 0.1) is 0 Å². The van der Waals surface area contributed by atoms with E-state index in [0.29, 0.717) is 6.04 Å². The van der Waals surface area contributed by atoms with Gasteiger partial charge in [0.15, 0.2) is 0 Å². The lowest BCUT2D eigenvalue weighted by Gasteiger charge is -2.22. The molecule has 0 spiro atoms. The topological polar surface area (TPSA) is 12.0 Å². The van der Waals surface area contributed by atoms with E-state index < -0.39 is 0 Å². The fourth-order valence-electron chi connectivity index (χ4n) is 2.07. The van der Waals surface area contributed by atoms with Crippen molar-refractivity contribution in [1.29, 1.82) is 0 Å². The molecule has 1 aromatic carbocycles. The average molecular weight is 310 g/mol. The minimum absolute atomic E-state index is 0.394. The normalized spacial score (nSPS) is 12.4. The second-order valence-corrected chi connectivity index (χ2v) is 5.73. The fraction of sp³-hybridized carbons (Fsp3) is 0.500. The van der Waals surface area contributed by atoms with E-state index in [1.807, 2.05) is 0 Å². The van der Waals surface area contributed by atoms with Crippen molar-refractivity contribution in [2.45, 2.75) is 46.1 Å². The van der Waals surface area contributed by atoms with Gasteiger partial charge in [-0.05, 0) is 56.0 Å². The van der Waals surface area contributed by atoms with Gasteiger partial charge in [0.1, 0.15) is 0 Å². The van der Waals surface area contributed by atoms with E-state index in [2.05, 4.69) is 66.8 Å². The van der Waals surface area contributed by atoms with Crippen LogP contribution < -0.4 is 5.32 Å². The Morgan fingerprint density at radius 3 is 2.67 bits per heavy atom. The predicted octanol–water partition coefficient (Wildman–Crippen LogP) is 5.15. The van der Waals surface area contributed by atoms with Crippen molar-refractivity contribution in [3.63, 3.8) is 0 Å². The largest absolute Gasteiger partial charge is 0.310 e. The Bertz CT molecular complexity index is 398. The van der Waals surface area contributed by atoms with E-state index in [9.17, 15) is 0 Å². The summed E-state index contributed by atoms with van der Waals surface area (Å²) in [7, 11) is 0. The summed E-state index contributed by atoms with van der Waals surface area (Å²) >= 11 is 3.52. The summed E-state index contributed by atoms with van der Waals surface area (Å²) in [4.78, 5) is 0. The standard InChI is InChI=1S/C16H24BrN/c1-5-9-18-16(10-12(3)6-2)15-8-7-14(17)11-13(15)4/h7-8,11,16,18H,3,5-6,9-10H2,1-2,4H3. The van der Waals surface area contributed by atoms with Gasteiger partial charge in [-0.1, -0.05) is 48.0 Å². The third-order valence-corrected chi connectivity index (χ3v) is 3.73. The third-order valence-electron chi connectivity index (χ3n) is 3.24. The monoisotopic (exact) mass is 309 g/mol. The molecule has 0 heterocycles. The molecular weight excluding hydrogens is 286 g/mol. The van der Waals surface area contributed by atoms with Crippen LogP contribution in [0.2, 0.25) is 0 Å². The summed E-state index contributed by atoms with van der Waals surface area (Å²) in [5.41, 5.74) is 4.04. The Hall–Kier alpha value is -0.600. The van der Waals surface area contributed by atoms with Crippen molar-refractivity contribution in [2.75, 3.05) is 6.54 Å². The number of benzene rings is 1. The molecule has 0 aromatic heterocycles. The van der Waals surface area contributed by atoms with Crippen molar-refractivity contribution in [3.8, 4) is 0 Å². The van der Waals surface area contributed by atoms with Gasteiger partial charge in [-0.2, -0.15) is 0 Å². The zero-order valence-corrected chi connectivity index (χ0v) is 13.3. The maximum atomic E-state index is 4.14. The van der Waals surface area contributed by atoms with E-state index in [1.54, 1.807) is 0 Å². The van der Waals surface area contributed by atoms with Gasteiger partial charge in [0, 0.05) is 10.5 Å². The summed E-state index contributed by atoms with van der Waals surface area (Å²) in [6.45, 7) is 11.7. The molecule has 1 N–H and O–H groups in total. The lowest BCUT2D eigenvalue weighted by molar-refractivity contribution is 0.521. The van der Waals surface area contributed by atoms with Crippen molar-refractivity contribution >= 4 is 15.9 Å². The maximum Gasteiger partial charge on any atom is 0.0360 e. The second kappa shape index (κ2) is 7.75. The molecule has 2 heteroatoms. The first kappa shape index (κ1) is 15.5. The van der Waals surface area contributed by atoms with Crippen LogP contribution in [0.25, 0.3) is 0 Å². The van der Waals surface area contributed by atoms with Gasteiger partial charge in [0.2, 0.25) is 0 Å². The minimum atomic E-state index is 0.394. The molecule has 100 valence electrons. The zero-order valence-electron chi connectivity index (χ0n) is 11.7. The van der Waals surface area contributed by atoms with Crippen molar-refractivity contribution in [2.24, 2.45) is 0 Å². The first-order chi connectivity index (χ1) is 8.58. The highest BCUT2D eigenvalue weighted by Crippen LogP contribution is 2.26. The smallest absolute Gasteiger partial charge is 0.0360 e. The highest BCUT2D eigenvalue weighted by atomic mass is 79.9. The van der Waals surface area contributed by atoms with E-state index in [0.717, 1.165) is 30.3 Å². The van der Waals surface area contributed by atoms with Crippen LogP contribution in [0.4, 0.5) is 0 Å². The van der Waals surface area contributed by atoms with Gasteiger partial charge in [-0.15, -0.1) is 0 Å². The van der Waals surface area contributed by atoms with E-state index in [4.69, 9.17) is 0 Å². The Kier molecular flexibility index (Phi) is 6.66. The number of halogens is 1. The summed E-state index contributed by atoms with van der Waals surface area (Å²) < 4.78 is 1.15. The summed E-state index contributed by atoms with van der Waals surface area (Å²) in [5.74, 6) is 0. The van der Waals surface area contributed by atoms with Gasteiger partial charge in [-0.3, -0.25) is 0 Å². The van der Waals surface area contributed by atoms with E-state index in [1.165, 1.54) is 16.7 Å². The molecule has 0 saturated heterocycles. The molecule has 1 nitrogen and oxygen atoms in total. The quantitative estimate of drug-likeness (QED) is 0.686. The van der Waals surface area contributed by atoms with Gasteiger partial charge in [-0.25, -0.2) is 0 Å².